The zero-order valence-electron chi connectivity index (χ0n) is 8.10. The van der Waals surface area contributed by atoms with Crippen molar-refractivity contribution in [3.05, 3.63) is 0 Å². The standard InChI is InChI=1S/C8H14N2O5/c9-4-2-1-3-5(7(12)13)10-6(11)8(14)15/h5H,1-4,9H2,(H,10,11)(H,12,13)(H,14,15)/t5-/m0/s1. The van der Waals surface area contributed by atoms with Gasteiger partial charge < -0.3 is 21.3 Å². The van der Waals surface area contributed by atoms with E-state index in [0.29, 0.717) is 19.4 Å². The summed E-state index contributed by atoms with van der Waals surface area (Å²) in [5.41, 5.74) is 5.21. The molecule has 7 nitrogen and oxygen atoms in total. The van der Waals surface area contributed by atoms with Gasteiger partial charge in [0.05, 0.1) is 0 Å². The highest BCUT2D eigenvalue weighted by atomic mass is 16.4. The Bertz CT molecular complexity index is 253. The van der Waals surface area contributed by atoms with Crippen molar-refractivity contribution >= 4 is 17.8 Å². The molecule has 0 radical (unpaired) electrons. The van der Waals surface area contributed by atoms with Crippen LogP contribution in [-0.4, -0.2) is 40.6 Å². The SMILES string of the molecule is NCCCC[C@H](NC(=O)C(=O)O)C(=O)O. The molecule has 0 unspecified atom stereocenters. The summed E-state index contributed by atoms with van der Waals surface area (Å²) >= 11 is 0. The lowest BCUT2D eigenvalue weighted by atomic mass is 10.1. The maximum atomic E-state index is 10.7. The van der Waals surface area contributed by atoms with Gasteiger partial charge in [-0.3, -0.25) is 4.79 Å². The Morgan fingerprint density at radius 2 is 1.80 bits per heavy atom. The minimum atomic E-state index is -1.69. The number of nitrogens with one attached hydrogen (secondary N) is 1. The molecule has 0 saturated carbocycles. The van der Waals surface area contributed by atoms with Crippen molar-refractivity contribution in [3.8, 4) is 0 Å². The molecule has 7 heteroatoms. The first-order valence-corrected chi connectivity index (χ1v) is 4.45. The fraction of sp³-hybridized carbons (Fsp3) is 0.625. The first kappa shape index (κ1) is 13.4. The average molecular weight is 218 g/mol. The van der Waals surface area contributed by atoms with E-state index in [-0.39, 0.29) is 6.42 Å². The molecule has 5 N–H and O–H groups in total. The normalized spacial score (nSPS) is 11.8. The molecular formula is C8H14N2O5. The van der Waals surface area contributed by atoms with Gasteiger partial charge in [-0.2, -0.15) is 0 Å². The predicted molar refractivity (Wildman–Crippen MR) is 50.1 cm³/mol. The van der Waals surface area contributed by atoms with Crippen LogP contribution in [-0.2, 0) is 14.4 Å². The molecule has 0 spiro atoms. The van der Waals surface area contributed by atoms with Crippen molar-refractivity contribution in [1.29, 1.82) is 0 Å². The summed E-state index contributed by atoms with van der Waals surface area (Å²) in [5, 5.41) is 18.8. The Kier molecular flexibility index (Phi) is 6.03. The van der Waals surface area contributed by atoms with E-state index < -0.39 is 23.9 Å². The van der Waals surface area contributed by atoms with E-state index >= 15 is 0 Å². The minimum absolute atomic E-state index is 0.172. The molecule has 86 valence electrons. The molecule has 15 heavy (non-hydrogen) atoms. The Hall–Kier alpha value is -1.63. The van der Waals surface area contributed by atoms with E-state index in [1.165, 1.54) is 0 Å². The van der Waals surface area contributed by atoms with Gasteiger partial charge in [-0.25, -0.2) is 9.59 Å². The molecule has 0 aliphatic carbocycles. The van der Waals surface area contributed by atoms with Crippen molar-refractivity contribution in [2.24, 2.45) is 5.73 Å². The molecule has 0 bridgehead atoms. The van der Waals surface area contributed by atoms with Gasteiger partial charge in [0.25, 0.3) is 0 Å². The molecule has 0 saturated heterocycles. The summed E-state index contributed by atoms with van der Waals surface area (Å²) in [6, 6.07) is -1.17. The van der Waals surface area contributed by atoms with Gasteiger partial charge in [0.1, 0.15) is 6.04 Å². The highest BCUT2D eigenvalue weighted by Gasteiger charge is 2.22. The zero-order chi connectivity index (χ0) is 11.8. The number of carboxylic acid groups (broad SMARTS) is 2. The van der Waals surface area contributed by atoms with Crippen LogP contribution in [0.5, 0.6) is 0 Å². The van der Waals surface area contributed by atoms with E-state index in [2.05, 4.69) is 0 Å². The van der Waals surface area contributed by atoms with Gasteiger partial charge in [-0.1, -0.05) is 0 Å². The van der Waals surface area contributed by atoms with Crippen LogP contribution in [0.15, 0.2) is 0 Å². The number of amides is 1. The molecule has 0 aliphatic rings. The fourth-order valence-corrected chi connectivity index (χ4v) is 0.970. The third kappa shape index (κ3) is 5.63. The lowest BCUT2D eigenvalue weighted by molar-refractivity contribution is -0.152. The quantitative estimate of drug-likeness (QED) is 0.326. The van der Waals surface area contributed by atoms with E-state index in [9.17, 15) is 14.4 Å². The van der Waals surface area contributed by atoms with Gasteiger partial charge in [0.2, 0.25) is 0 Å². The van der Waals surface area contributed by atoms with Gasteiger partial charge in [0, 0.05) is 0 Å². The third-order valence-electron chi connectivity index (χ3n) is 1.74. The maximum Gasteiger partial charge on any atom is 0.394 e. The smallest absolute Gasteiger partial charge is 0.394 e. The fourth-order valence-electron chi connectivity index (χ4n) is 0.970. The molecule has 1 atom stereocenters. The van der Waals surface area contributed by atoms with Crippen molar-refractivity contribution in [2.45, 2.75) is 25.3 Å². The summed E-state index contributed by atoms with van der Waals surface area (Å²) in [6.07, 6.45) is 1.33. The number of aliphatic carboxylic acids is 2. The van der Waals surface area contributed by atoms with Crippen molar-refractivity contribution < 1.29 is 24.6 Å². The molecule has 0 aromatic carbocycles. The first-order chi connectivity index (χ1) is 6.99. The van der Waals surface area contributed by atoms with Gasteiger partial charge >= 0.3 is 17.8 Å². The second-order valence-electron chi connectivity index (χ2n) is 2.95. The number of carbonyl (C=O) groups is 3. The second kappa shape index (κ2) is 6.77. The van der Waals surface area contributed by atoms with Crippen LogP contribution in [0.2, 0.25) is 0 Å². The lowest BCUT2D eigenvalue weighted by Crippen LogP contribution is -2.43. The topological polar surface area (TPSA) is 130 Å². The lowest BCUT2D eigenvalue weighted by Gasteiger charge is -2.12. The number of carboxylic acids is 2. The second-order valence-corrected chi connectivity index (χ2v) is 2.95. The molecule has 1 amide bonds. The summed E-state index contributed by atoms with van der Waals surface area (Å²) < 4.78 is 0. The van der Waals surface area contributed by atoms with Gasteiger partial charge in [-0.05, 0) is 25.8 Å². The van der Waals surface area contributed by atoms with Crippen LogP contribution >= 0.6 is 0 Å². The summed E-state index contributed by atoms with van der Waals surface area (Å²) in [6.45, 7) is 0.430. The van der Waals surface area contributed by atoms with E-state index in [1.807, 2.05) is 5.32 Å². The highest BCUT2D eigenvalue weighted by molar-refractivity contribution is 6.31. The van der Waals surface area contributed by atoms with Crippen LogP contribution in [0.4, 0.5) is 0 Å². The van der Waals surface area contributed by atoms with Crippen LogP contribution in [0.25, 0.3) is 0 Å². The first-order valence-electron chi connectivity index (χ1n) is 4.45. The van der Waals surface area contributed by atoms with E-state index in [0.717, 1.165) is 0 Å². The van der Waals surface area contributed by atoms with Gasteiger partial charge in [0.15, 0.2) is 0 Å². The molecule has 0 aliphatic heterocycles. The van der Waals surface area contributed by atoms with Crippen molar-refractivity contribution in [3.63, 3.8) is 0 Å². The van der Waals surface area contributed by atoms with Crippen LogP contribution in [0, 0.1) is 0 Å². The van der Waals surface area contributed by atoms with E-state index in [1.54, 1.807) is 0 Å². The maximum absolute atomic E-state index is 10.7. The van der Waals surface area contributed by atoms with Crippen LogP contribution < -0.4 is 11.1 Å². The predicted octanol–water partition coefficient (Wildman–Crippen LogP) is -1.23. The van der Waals surface area contributed by atoms with Crippen LogP contribution in [0.3, 0.4) is 0 Å². The molecule has 0 fully saturated rings. The zero-order valence-corrected chi connectivity index (χ0v) is 8.10. The Morgan fingerprint density at radius 3 is 2.20 bits per heavy atom. The number of nitrogens with two attached hydrogens (primary N) is 1. The number of carbonyl (C=O) groups excluding carboxylic acids is 1. The third-order valence-corrected chi connectivity index (χ3v) is 1.74. The molecule has 0 aromatic heterocycles. The Labute approximate surface area is 86.3 Å². The summed E-state index contributed by atoms with van der Waals surface area (Å²) in [5.74, 6) is -4.25. The summed E-state index contributed by atoms with van der Waals surface area (Å²) in [4.78, 5) is 31.5. The summed E-state index contributed by atoms with van der Waals surface area (Å²) in [7, 11) is 0. The van der Waals surface area contributed by atoms with Crippen molar-refractivity contribution in [1.82, 2.24) is 5.32 Å². The minimum Gasteiger partial charge on any atom is -0.480 e. The molecule has 0 heterocycles. The highest BCUT2D eigenvalue weighted by Crippen LogP contribution is 2.00. The monoisotopic (exact) mass is 218 g/mol. The largest absolute Gasteiger partial charge is 0.480 e. The Balaban J connectivity index is 4.10. The van der Waals surface area contributed by atoms with Crippen molar-refractivity contribution in [2.75, 3.05) is 6.54 Å². The average Bonchev–Trinajstić information content (AvgIpc) is 2.15. The van der Waals surface area contributed by atoms with Crippen LogP contribution in [0.1, 0.15) is 19.3 Å². The number of unbranched alkanes of at least 4 members (excludes halogenated alkanes) is 1. The molecule has 0 aromatic rings. The molecular weight excluding hydrogens is 204 g/mol. The van der Waals surface area contributed by atoms with E-state index in [4.69, 9.17) is 15.9 Å². The number of hydrogen-bond donors (Lipinski definition) is 4. The molecule has 0 rings (SSSR count). The van der Waals surface area contributed by atoms with Gasteiger partial charge in [-0.15, -0.1) is 0 Å². The Morgan fingerprint density at radius 1 is 1.20 bits per heavy atom. The number of hydrogen-bond acceptors (Lipinski definition) is 4. The number of rotatable bonds is 6.